The summed E-state index contributed by atoms with van der Waals surface area (Å²) >= 11 is 5.88. The summed E-state index contributed by atoms with van der Waals surface area (Å²) in [5.41, 5.74) is 3.78. The van der Waals surface area contributed by atoms with Gasteiger partial charge in [-0.25, -0.2) is 4.98 Å². The third kappa shape index (κ3) is 1.98. The number of aryl methyl sites for hydroxylation is 2. The van der Waals surface area contributed by atoms with Gasteiger partial charge in [-0.1, -0.05) is 25.4 Å². The van der Waals surface area contributed by atoms with Gasteiger partial charge in [0.1, 0.15) is 5.15 Å². The van der Waals surface area contributed by atoms with Crippen molar-refractivity contribution in [3.05, 3.63) is 40.5 Å². The Morgan fingerprint density at radius 2 is 1.73 bits per heavy atom. The summed E-state index contributed by atoms with van der Waals surface area (Å²) in [5, 5.41) is 1.74. The Morgan fingerprint density at radius 1 is 1.07 bits per heavy atom. The second kappa shape index (κ2) is 4.19. The summed E-state index contributed by atoms with van der Waals surface area (Å²) in [5.74, 6) is 0. The maximum atomic E-state index is 5.88. The molecule has 1 nitrogen and oxygen atoms in total. The number of fused-ring (bicyclic) bond motifs is 1. The Hall–Kier alpha value is -1.08. The van der Waals surface area contributed by atoms with Crippen molar-refractivity contribution in [1.29, 1.82) is 0 Å². The molecule has 78 valence electrons. The molecule has 1 aromatic heterocycles. The van der Waals surface area contributed by atoms with Crippen LogP contribution in [0.4, 0.5) is 0 Å². The lowest BCUT2D eigenvalue weighted by atomic mass is 10.0. The standard InChI is InChI=1S/C13H14ClN/c1-3-9-7-11-5-6-13(14)15-12(11)8-10(9)4-2/h5-8H,3-4H2,1-2H3. The van der Waals surface area contributed by atoms with E-state index in [4.69, 9.17) is 11.6 Å². The normalized spacial score (nSPS) is 10.9. The molecule has 15 heavy (non-hydrogen) atoms. The average Bonchev–Trinajstić information content (AvgIpc) is 2.27. The van der Waals surface area contributed by atoms with E-state index >= 15 is 0 Å². The molecular formula is C13H14ClN. The Labute approximate surface area is 95.1 Å². The number of aromatic nitrogens is 1. The molecule has 2 aromatic rings. The predicted molar refractivity (Wildman–Crippen MR) is 65.5 cm³/mol. The zero-order valence-corrected chi connectivity index (χ0v) is 9.80. The molecule has 0 amide bonds. The van der Waals surface area contributed by atoms with Crippen LogP contribution in [0.25, 0.3) is 10.9 Å². The van der Waals surface area contributed by atoms with Crippen LogP contribution in [-0.4, -0.2) is 4.98 Å². The van der Waals surface area contributed by atoms with Crippen LogP contribution in [0.5, 0.6) is 0 Å². The lowest BCUT2D eigenvalue weighted by molar-refractivity contribution is 1.04. The van der Waals surface area contributed by atoms with Gasteiger partial charge in [-0.2, -0.15) is 0 Å². The van der Waals surface area contributed by atoms with Gasteiger partial charge in [-0.15, -0.1) is 0 Å². The van der Waals surface area contributed by atoms with E-state index < -0.39 is 0 Å². The fourth-order valence-corrected chi connectivity index (χ4v) is 2.05. The minimum Gasteiger partial charge on any atom is -0.236 e. The summed E-state index contributed by atoms with van der Waals surface area (Å²) in [4.78, 5) is 4.33. The Morgan fingerprint density at radius 3 is 2.40 bits per heavy atom. The highest BCUT2D eigenvalue weighted by atomic mass is 35.5. The van der Waals surface area contributed by atoms with Gasteiger partial charge in [0.2, 0.25) is 0 Å². The molecule has 1 heterocycles. The fraction of sp³-hybridized carbons (Fsp3) is 0.308. The third-order valence-electron chi connectivity index (χ3n) is 2.74. The second-order valence-electron chi connectivity index (χ2n) is 3.65. The lowest BCUT2D eigenvalue weighted by Crippen LogP contribution is -1.92. The van der Waals surface area contributed by atoms with Crippen LogP contribution in [0.3, 0.4) is 0 Å². The van der Waals surface area contributed by atoms with Crippen LogP contribution in [0.2, 0.25) is 5.15 Å². The van der Waals surface area contributed by atoms with Crippen LogP contribution >= 0.6 is 11.6 Å². The maximum Gasteiger partial charge on any atom is 0.129 e. The molecule has 0 bridgehead atoms. The molecule has 0 atom stereocenters. The van der Waals surface area contributed by atoms with Crippen molar-refractivity contribution in [2.75, 3.05) is 0 Å². The quantitative estimate of drug-likeness (QED) is 0.696. The van der Waals surface area contributed by atoms with Gasteiger partial charge < -0.3 is 0 Å². The Bertz CT molecular complexity index is 491. The minimum atomic E-state index is 0.564. The molecule has 0 N–H and O–H groups in total. The lowest BCUT2D eigenvalue weighted by Gasteiger charge is -2.07. The molecule has 0 saturated heterocycles. The van der Waals surface area contributed by atoms with Crippen molar-refractivity contribution < 1.29 is 0 Å². The summed E-state index contributed by atoms with van der Waals surface area (Å²) in [6, 6.07) is 8.25. The van der Waals surface area contributed by atoms with Crippen molar-refractivity contribution >= 4 is 22.5 Å². The zero-order chi connectivity index (χ0) is 10.8. The van der Waals surface area contributed by atoms with Crippen molar-refractivity contribution in [3.8, 4) is 0 Å². The summed E-state index contributed by atoms with van der Waals surface area (Å²) in [6.45, 7) is 4.36. The van der Waals surface area contributed by atoms with E-state index in [9.17, 15) is 0 Å². The van der Waals surface area contributed by atoms with Crippen LogP contribution in [0, 0.1) is 0 Å². The van der Waals surface area contributed by atoms with E-state index in [-0.39, 0.29) is 0 Å². The average molecular weight is 220 g/mol. The van der Waals surface area contributed by atoms with Crippen LogP contribution in [0.1, 0.15) is 25.0 Å². The fourth-order valence-electron chi connectivity index (χ4n) is 1.89. The van der Waals surface area contributed by atoms with E-state index in [1.807, 2.05) is 12.1 Å². The monoisotopic (exact) mass is 219 g/mol. The van der Waals surface area contributed by atoms with Crippen LogP contribution < -0.4 is 0 Å². The van der Waals surface area contributed by atoms with E-state index in [0.717, 1.165) is 18.4 Å². The molecule has 0 fully saturated rings. The van der Waals surface area contributed by atoms with Gasteiger partial charge in [0.05, 0.1) is 5.52 Å². The van der Waals surface area contributed by atoms with Crippen molar-refractivity contribution in [2.24, 2.45) is 0 Å². The summed E-state index contributed by atoms with van der Waals surface area (Å²) in [6.07, 6.45) is 2.12. The smallest absolute Gasteiger partial charge is 0.129 e. The largest absolute Gasteiger partial charge is 0.236 e. The first-order valence-corrected chi connectivity index (χ1v) is 5.70. The highest BCUT2D eigenvalue weighted by molar-refractivity contribution is 6.29. The SMILES string of the molecule is CCc1cc2ccc(Cl)nc2cc1CC. The van der Waals surface area contributed by atoms with Gasteiger partial charge in [-0.05, 0) is 48.2 Å². The maximum absolute atomic E-state index is 5.88. The molecule has 0 aliphatic rings. The molecule has 0 saturated carbocycles. The van der Waals surface area contributed by atoms with Crippen molar-refractivity contribution in [1.82, 2.24) is 4.98 Å². The molecular weight excluding hydrogens is 206 g/mol. The van der Waals surface area contributed by atoms with Crippen molar-refractivity contribution in [2.45, 2.75) is 26.7 Å². The first-order chi connectivity index (χ1) is 7.24. The van der Waals surface area contributed by atoms with E-state index in [2.05, 4.69) is 31.0 Å². The molecule has 0 spiro atoms. The molecule has 0 aliphatic heterocycles. The number of halogens is 1. The number of hydrogen-bond donors (Lipinski definition) is 0. The van der Waals surface area contributed by atoms with Crippen LogP contribution in [-0.2, 0) is 12.8 Å². The van der Waals surface area contributed by atoms with E-state index in [1.54, 1.807) is 0 Å². The van der Waals surface area contributed by atoms with Gasteiger partial charge in [0.15, 0.2) is 0 Å². The number of nitrogens with zero attached hydrogens (tertiary/aromatic N) is 1. The van der Waals surface area contributed by atoms with Crippen LogP contribution in [0.15, 0.2) is 24.3 Å². The van der Waals surface area contributed by atoms with Gasteiger partial charge in [-0.3, -0.25) is 0 Å². The number of pyridine rings is 1. The zero-order valence-electron chi connectivity index (χ0n) is 9.05. The minimum absolute atomic E-state index is 0.564. The second-order valence-corrected chi connectivity index (χ2v) is 4.04. The van der Waals surface area contributed by atoms with Gasteiger partial charge >= 0.3 is 0 Å². The highest BCUT2D eigenvalue weighted by Crippen LogP contribution is 2.21. The van der Waals surface area contributed by atoms with E-state index in [1.165, 1.54) is 16.5 Å². The number of rotatable bonds is 2. The molecule has 2 rings (SSSR count). The van der Waals surface area contributed by atoms with E-state index in [0.29, 0.717) is 5.15 Å². The molecule has 0 aliphatic carbocycles. The number of benzene rings is 1. The van der Waals surface area contributed by atoms with Gasteiger partial charge in [0, 0.05) is 5.39 Å². The highest BCUT2D eigenvalue weighted by Gasteiger charge is 2.03. The molecule has 0 unspecified atom stereocenters. The number of hydrogen-bond acceptors (Lipinski definition) is 1. The summed E-state index contributed by atoms with van der Waals surface area (Å²) in [7, 11) is 0. The first-order valence-electron chi connectivity index (χ1n) is 5.32. The van der Waals surface area contributed by atoms with Crippen molar-refractivity contribution in [3.63, 3.8) is 0 Å². The molecule has 1 aromatic carbocycles. The Kier molecular flexibility index (Phi) is 2.92. The third-order valence-corrected chi connectivity index (χ3v) is 2.95. The van der Waals surface area contributed by atoms with Gasteiger partial charge in [0.25, 0.3) is 0 Å². The molecule has 0 radical (unpaired) electrons. The Balaban J connectivity index is 2.69. The first kappa shape index (κ1) is 10.4. The summed E-state index contributed by atoms with van der Waals surface area (Å²) < 4.78 is 0. The predicted octanol–water partition coefficient (Wildman–Crippen LogP) is 4.01. The molecule has 2 heteroatoms. The topological polar surface area (TPSA) is 12.9 Å².